The first kappa shape index (κ1) is 21.1. The van der Waals surface area contributed by atoms with Crippen molar-refractivity contribution in [1.29, 1.82) is 0 Å². The lowest BCUT2D eigenvalue weighted by Gasteiger charge is -2.36. The molecule has 7 heteroatoms. The van der Waals surface area contributed by atoms with Gasteiger partial charge < -0.3 is 14.8 Å². The molecule has 7 nitrogen and oxygen atoms in total. The number of nitrogens with zero attached hydrogens (tertiary/aromatic N) is 1. The first-order chi connectivity index (χ1) is 14.3. The van der Waals surface area contributed by atoms with Gasteiger partial charge in [-0.05, 0) is 50.1 Å². The first-order valence-electron chi connectivity index (χ1n) is 9.43. The Labute approximate surface area is 175 Å². The van der Waals surface area contributed by atoms with E-state index in [0.717, 1.165) is 11.1 Å². The zero-order valence-electron chi connectivity index (χ0n) is 17.6. The van der Waals surface area contributed by atoms with E-state index in [-0.39, 0.29) is 6.03 Å². The Morgan fingerprint density at radius 1 is 0.933 bits per heavy atom. The number of methoxy groups -OCH3 is 2. The molecule has 0 spiro atoms. The van der Waals surface area contributed by atoms with Crippen molar-refractivity contribution in [2.45, 2.75) is 26.8 Å². The van der Waals surface area contributed by atoms with Crippen molar-refractivity contribution in [3.05, 3.63) is 76.0 Å². The number of esters is 2. The summed E-state index contributed by atoms with van der Waals surface area (Å²) >= 11 is 0. The minimum Gasteiger partial charge on any atom is -0.466 e. The average molecular weight is 408 g/mol. The smallest absolute Gasteiger partial charge is 0.337 e. The maximum Gasteiger partial charge on any atom is 0.337 e. The van der Waals surface area contributed by atoms with Crippen LogP contribution in [-0.2, 0) is 14.3 Å². The number of nitrogens with one attached hydrogen (secondary N) is 1. The van der Waals surface area contributed by atoms with Crippen molar-refractivity contribution in [2.75, 3.05) is 19.1 Å². The van der Waals surface area contributed by atoms with Gasteiger partial charge in [0.05, 0.1) is 37.1 Å². The zero-order chi connectivity index (χ0) is 22.0. The summed E-state index contributed by atoms with van der Waals surface area (Å²) in [4.78, 5) is 38.9. The van der Waals surface area contributed by atoms with Crippen molar-refractivity contribution in [1.82, 2.24) is 5.32 Å². The molecule has 1 N–H and O–H groups in total. The van der Waals surface area contributed by atoms with E-state index < -0.39 is 18.0 Å². The lowest BCUT2D eigenvalue weighted by molar-refractivity contribution is -0.136. The summed E-state index contributed by atoms with van der Waals surface area (Å²) in [5.74, 6) is -1.00. The number of hydrogen-bond acceptors (Lipinski definition) is 5. The summed E-state index contributed by atoms with van der Waals surface area (Å²) < 4.78 is 9.73. The Morgan fingerprint density at radius 3 is 2.13 bits per heavy atom. The second-order valence-electron chi connectivity index (χ2n) is 7.11. The van der Waals surface area contributed by atoms with Crippen LogP contribution >= 0.6 is 0 Å². The fourth-order valence-electron chi connectivity index (χ4n) is 3.64. The van der Waals surface area contributed by atoms with Crippen LogP contribution in [0.4, 0.5) is 10.5 Å². The monoisotopic (exact) mass is 408 g/mol. The molecule has 156 valence electrons. The van der Waals surface area contributed by atoms with Crippen molar-refractivity contribution >= 4 is 23.7 Å². The quantitative estimate of drug-likeness (QED) is 0.778. The van der Waals surface area contributed by atoms with Gasteiger partial charge in [0.25, 0.3) is 0 Å². The second kappa shape index (κ2) is 8.41. The van der Waals surface area contributed by atoms with Crippen LogP contribution < -0.4 is 10.2 Å². The molecule has 1 atom stereocenters. The Kier molecular flexibility index (Phi) is 5.91. The normalized spacial score (nSPS) is 16.2. The maximum absolute atomic E-state index is 13.1. The van der Waals surface area contributed by atoms with Crippen LogP contribution in [0.5, 0.6) is 0 Å². The largest absolute Gasteiger partial charge is 0.466 e. The van der Waals surface area contributed by atoms with Crippen molar-refractivity contribution in [3.63, 3.8) is 0 Å². The molecule has 0 bridgehead atoms. The molecule has 0 fully saturated rings. The van der Waals surface area contributed by atoms with E-state index in [2.05, 4.69) is 5.32 Å². The van der Waals surface area contributed by atoms with Gasteiger partial charge in [-0.25, -0.2) is 14.4 Å². The molecule has 1 aliphatic rings. The van der Waals surface area contributed by atoms with Gasteiger partial charge in [-0.15, -0.1) is 0 Å². The van der Waals surface area contributed by atoms with Gasteiger partial charge in [0.1, 0.15) is 0 Å². The molecule has 0 aromatic heterocycles. The highest BCUT2D eigenvalue weighted by Gasteiger charge is 2.37. The van der Waals surface area contributed by atoms with Crippen molar-refractivity contribution in [3.8, 4) is 0 Å². The van der Waals surface area contributed by atoms with E-state index in [4.69, 9.17) is 9.47 Å². The lowest BCUT2D eigenvalue weighted by atomic mass is 9.93. The number of urea groups is 1. The van der Waals surface area contributed by atoms with E-state index in [1.807, 2.05) is 32.0 Å². The van der Waals surface area contributed by atoms with Gasteiger partial charge in [-0.1, -0.05) is 29.8 Å². The van der Waals surface area contributed by atoms with Crippen molar-refractivity contribution < 1.29 is 23.9 Å². The van der Waals surface area contributed by atoms with Crippen LogP contribution in [0, 0.1) is 13.8 Å². The zero-order valence-corrected chi connectivity index (χ0v) is 17.6. The van der Waals surface area contributed by atoms with E-state index in [1.54, 1.807) is 31.2 Å². The van der Waals surface area contributed by atoms with Gasteiger partial charge in [0.15, 0.2) is 0 Å². The molecule has 1 aliphatic heterocycles. The molecular formula is C23H24N2O5. The number of ether oxygens (including phenoxy) is 2. The topological polar surface area (TPSA) is 84.9 Å². The number of anilines is 1. The van der Waals surface area contributed by atoms with Crippen LogP contribution in [0.15, 0.2) is 53.7 Å². The third kappa shape index (κ3) is 3.78. The van der Waals surface area contributed by atoms with Crippen LogP contribution in [-0.4, -0.2) is 32.2 Å². The van der Waals surface area contributed by atoms with Crippen LogP contribution in [0.3, 0.4) is 0 Å². The maximum atomic E-state index is 13.1. The summed E-state index contributed by atoms with van der Waals surface area (Å²) in [6.07, 6.45) is 0. The fraction of sp³-hybridized carbons (Fsp3) is 0.261. The highest BCUT2D eigenvalue weighted by atomic mass is 16.5. The first-order valence-corrected chi connectivity index (χ1v) is 9.43. The summed E-state index contributed by atoms with van der Waals surface area (Å²) in [7, 11) is 2.61. The van der Waals surface area contributed by atoms with E-state index in [0.29, 0.717) is 28.1 Å². The second-order valence-corrected chi connectivity index (χ2v) is 7.11. The van der Waals surface area contributed by atoms with Gasteiger partial charge in [0, 0.05) is 5.70 Å². The predicted molar refractivity (Wildman–Crippen MR) is 112 cm³/mol. The standard InChI is InChI=1S/C23H24N2O5/c1-13-6-11-18(14(2)12-13)25-15(3)19(22(27)30-5)20(24-23(25)28)16-7-9-17(10-8-16)21(26)29-4/h6-12,20H,1-5H3,(H,24,28)/t20-/m0/s1. The predicted octanol–water partition coefficient (Wildman–Crippen LogP) is 3.81. The molecule has 0 radical (unpaired) electrons. The van der Waals surface area contributed by atoms with Crippen LogP contribution in [0.25, 0.3) is 0 Å². The van der Waals surface area contributed by atoms with E-state index in [1.165, 1.54) is 19.1 Å². The number of allylic oxidation sites excluding steroid dienone is 1. The molecular weight excluding hydrogens is 384 g/mol. The van der Waals surface area contributed by atoms with E-state index in [9.17, 15) is 14.4 Å². The Balaban J connectivity index is 2.10. The lowest BCUT2D eigenvalue weighted by Crippen LogP contribution is -2.48. The molecule has 0 aliphatic carbocycles. The van der Waals surface area contributed by atoms with Gasteiger partial charge >= 0.3 is 18.0 Å². The number of carbonyl (C=O) groups excluding carboxylic acids is 3. The summed E-state index contributed by atoms with van der Waals surface area (Å²) in [5.41, 5.74) is 4.51. The Bertz CT molecular complexity index is 1040. The molecule has 1 heterocycles. The number of carbonyl (C=O) groups is 3. The molecule has 3 rings (SSSR count). The highest BCUT2D eigenvalue weighted by Crippen LogP contribution is 2.35. The third-order valence-corrected chi connectivity index (χ3v) is 5.15. The molecule has 2 amide bonds. The molecule has 0 unspecified atom stereocenters. The highest BCUT2D eigenvalue weighted by molar-refractivity contribution is 6.03. The number of amides is 2. The SMILES string of the molecule is COC(=O)C1=C(C)N(c2ccc(C)cc2C)C(=O)N[C@H]1c1ccc(C(=O)OC)cc1. The molecule has 30 heavy (non-hydrogen) atoms. The van der Waals surface area contributed by atoms with Crippen LogP contribution in [0.2, 0.25) is 0 Å². The van der Waals surface area contributed by atoms with Crippen molar-refractivity contribution in [2.24, 2.45) is 0 Å². The van der Waals surface area contributed by atoms with Crippen LogP contribution in [0.1, 0.15) is 40.0 Å². The van der Waals surface area contributed by atoms with E-state index >= 15 is 0 Å². The molecule has 0 saturated carbocycles. The molecule has 0 saturated heterocycles. The Hall–Kier alpha value is -3.61. The molecule has 2 aromatic rings. The molecule has 2 aromatic carbocycles. The Morgan fingerprint density at radius 2 is 1.57 bits per heavy atom. The minimum absolute atomic E-state index is 0.322. The summed E-state index contributed by atoms with van der Waals surface area (Å²) in [5, 5.41) is 2.89. The summed E-state index contributed by atoms with van der Waals surface area (Å²) in [6.45, 7) is 5.61. The fourth-order valence-corrected chi connectivity index (χ4v) is 3.64. The third-order valence-electron chi connectivity index (χ3n) is 5.15. The summed E-state index contributed by atoms with van der Waals surface area (Å²) in [6, 6.07) is 11.2. The number of rotatable bonds is 4. The minimum atomic E-state index is -0.710. The number of benzene rings is 2. The number of hydrogen-bond donors (Lipinski definition) is 1. The van der Waals surface area contributed by atoms with Gasteiger partial charge in [-0.3, -0.25) is 4.90 Å². The van der Waals surface area contributed by atoms with Gasteiger partial charge in [0.2, 0.25) is 0 Å². The van der Waals surface area contributed by atoms with Gasteiger partial charge in [-0.2, -0.15) is 0 Å². The average Bonchev–Trinajstić information content (AvgIpc) is 2.73. The number of aryl methyl sites for hydroxylation is 2.